The van der Waals surface area contributed by atoms with Gasteiger partial charge in [-0.05, 0) is 124 Å². The zero-order valence-corrected chi connectivity index (χ0v) is 38.2. The van der Waals surface area contributed by atoms with E-state index in [4.69, 9.17) is 33.2 Å². The first-order chi connectivity index (χ1) is 29.3. The van der Waals surface area contributed by atoms with Crippen molar-refractivity contribution in [1.29, 1.82) is 0 Å². The van der Waals surface area contributed by atoms with Crippen LogP contribution in [0.15, 0.2) is 0 Å². The van der Waals surface area contributed by atoms with Gasteiger partial charge in [0.25, 0.3) is 0 Å². The molecule has 0 unspecified atom stereocenters. The fraction of sp³-hybridized carbons (Fsp3) is 1.00. The monoisotopic (exact) mass is 901 g/mol. The zero-order chi connectivity index (χ0) is 45.8. The molecule has 9 fully saturated rings. The summed E-state index contributed by atoms with van der Waals surface area (Å²) in [7, 11) is 0. The Morgan fingerprint density at radius 1 is 0.603 bits per heavy atom. The predicted molar refractivity (Wildman–Crippen MR) is 219 cm³/mol. The van der Waals surface area contributed by atoms with E-state index < -0.39 is 115 Å². The second-order valence-electron chi connectivity index (χ2n) is 23.4. The van der Waals surface area contributed by atoms with Gasteiger partial charge in [0.15, 0.2) is 18.9 Å². The third-order valence-electron chi connectivity index (χ3n) is 19.3. The van der Waals surface area contributed by atoms with Gasteiger partial charge in [0.2, 0.25) is 0 Å². The summed E-state index contributed by atoms with van der Waals surface area (Å²) in [6.07, 6.45) is -13.3. The van der Waals surface area contributed by atoms with Crippen LogP contribution < -0.4 is 0 Å². The summed E-state index contributed by atoms with van der Waals surface area (Å²) in [6, 6.07) is 0. The molecule has 17 nitrogen and oxygen atoms in total. The molecular weight excluding hydrogens is 824 g/mol. The summed E-state index contributed by atoms with van der Waals surface area (Å²) >= 11 is 0. The Kier molecular flexibility index (Phi) is 11.8. The van der Waals surface area contributed by atoms with E-state index in [2.05, 4.69) is 34.6 Å². The molecule has 4 aliphatic heterocycles. The molecule has 5 aliphatic carbocycles. The average molecular weight is 901 g/mol. The third-order valence-corrected chi connectivity index (χ3v) is 19.3. The maximum absolute atomic E-state index is 12.3. The second-order valence-corrected chi connectivity index (χ2v) is 23.4. The van der Waals surface area contributed by atoms with Crippen molar-refractivity contribution in [2.45, 2.75) is 229 Å². The lowest BCUT2D eigenvalue weighted by Crippen LogP contribution is -2.65. The molecule has 0 radical (unpaired) electrons. The minimum absolute atomic E-state index is 0.0959. The van der Waals surface area contributed by atoms with Crippen LogP contribution in [0.5, 0.6) is 0 Å². The highest BCUT2D eigenvalue weighted by molar-refractivity contribution is 5.33. The lowest BCUT2D eigenvalue weighted by Gasteiger charge is -2.65. The van der Waals surface area contributed by atoms with Crippen molar-refractivity contribution in [2.24, 2.45) is 44.8 Å². The number of ether oxygens (including phenoxy) is 7. The molecule has 0 aromatic carbocycles. The van der Waals surface area contributed by atoms with Gasteiger partial charge in [-0.15, -0.1) is 0 Å². The van der Waals surface area contributed by atoms with Crippen LogP contribution in [-0.4, -0.2) is 180 Å². The van der Waals surface area contributed by atoms with E-state index in [1.54, 1.807) is 13.8 Å². The normalized spacial score (nSPS) is 59.0. The Morgan fingerprint density at radius 3 is 1.92 bits per heavy atom. The third kappa shape index (κ3) is 6.94. The molecule has 4 heterocycles. The highest BCUT2D eigenvalue weighted by atomic mass is 16.8. The van der Waals surface area contributed by atoms with Crippen molar-refractivity contribution in [3.63, 3.8) is 0 Å². The van der Waals surface area contributed by atoms with Crippen molar-refractivity contribution >= 4 is 0 Å². The Morgan fingerprint density at radius 2 is 1.25 bits per heavy atom. The fourth-order valence-electron chi connectivity index (χ4n) is 16.0. The summed E-state index contributed by atoms with van der Waals surface area (Å²) in [5.74, 6) is -0.264. The number of hydrogen-bond donors (Lipinski definition) is 10. The van der Waals surface area contributed by atoms with E-state index in [0.29, 0.717) is 25.7 Å². The van der Waals surface area contributed by atoms with Crippen LogP contribution in [0.3, 0.4) is 0 Å². The molecule has 4 saturated heterocycles. The van der Waals surface area contributed by atoms with Crippen LogP contribution in [0.25, 0.3) is 0 Å². The Labute approximate surface area is 370 Å². The predicted octanol–water partition coefficient (Wildman–Crippen LogP) is 0.215. The van der Waals surface area contributed by atoms with Crippen LogP contribution in [0.2, 0.25) is 0 Å². The lowest BCUT2D eigenvalue weighted by molar-refractivity contribution is -0.366. The number of aliphatic hydroxyl groups excluding tert-OH is 9. The number of hydrogen-bond acceptors (Lipinski definition) is 17. The van der Waals surface area contributed by atoms with E-state index in [0.717, 1.165) is 32.1 Å². The van der Waals surface area contributed by atoms with E-state index >= 15 is 0 Å². The molecule has 0 amide bonds. The Bertz CT molecular complexity index is 1700. The Hall–Kier alpha value is -0.680. The van der Waals surface area contributed by atoms with Gasteiger partial charge in [-0.2, -0.15) is 0 Å². The number of fused-ring (bicyclic) bond motifs is 2. The first-order valence-electron chi connectivity index (χ1n) is 23.6. The summed E-state index contributed by atoms with van der Waals surface area (Å²) in [5, 5.41) is 109. The van der Waals surface area contributed by atoms with Gasteiger partial charge in [-0.25, -0.2) is 0 Å². The molecule has 0 bridgehead atoms. The molecule has 17 heteroatoms. The first-order valence-corrected chi connectivity index (χ1v) is 23.6. The average Bonchev–Trinajstić information content (AvgIpc) is 3.57. The smallest absolute Gasteiger partial charge is 0.187 e. The summed E-state index contributed by atoms with van der Waals surface area (Å²) in [6.45, 7) is 15.6. The summed E-state index contributed by atoms with van der Waals surface area (Å²) < 4.78 is 44.4. The van der Waals surface area contributed by atoms with Crippen LogP contribution in [-0.2, 0) is 33.2 Å². The Balaban J connectivity index is 1.03. The summed E-state index contributed by atoms with van der Waals surface area (Å²) in [5.41, 5.74) is -3.35. The topological polar surface area (TPSA) is 267 Å². The molecule has 25 atom stereocenters. The number of aliphatic hydroxyl groups is 10. The minimum atomic E-state index is -1.67. The molecule has 9 aliphatic rings. The molecule has 63 heavy (non-hydrogen) atoms. The van der Waals surface area contributed by atoms with Crippen molar-refractivity contribution in [1.82, 2.24) is 0 Å². The van der Waals surface area contributed by atoms with Crippen LogP contribution >= 0.6 is 0 Å². The van der Waals surface area contributed by atoms with Crippen LogP contribution in [0.1, 0.15) is 113 Å². The molecule has 10 N–H and O–H groups in total. The molecule has 9 rings (SSSR count). The molecule has 362 valence electrons. The van der Waals surface area contributed by atoms with Gasteiger partial charge < -0.3 is 84.2 Å². The lowest BCUT2D eigenvalue weighted by atomic mass is 9.41. The zero-order valence-electron chi connectivity index (χ0n) is 38.2. The summed E-state index contributed by atoms with van der Waals surface area (Å²) in [4.78, 5) is 0. The quantitative estimate of drug-likeness (QED) is 0.146. The van der Waals surface area contributed by atoms with Crippen LogP contribution in [0.4, 0.5) is 0 Å². The first kappa shape index (κ1) is 47.4. The SMILES string of the molecule is C[C@@H]1O[C@@H](O[C@H]2[C@H](O[C@H]3CC[C@]45C[C@]46CC[C@]4(C)[C@@H]([C@@]7(C)CC[C@@H](C(C)(C)O)O7)[C@@H](O)C[C@@]4(C)[C@@H]6C[C@H](O[C@@H]4OC[C@@H](O)[C@H](O)[C@H]4O)[C@H]5C3(C)C)OC[C@@H](O)[C@@H]2O)[C@H](O)[C@H](O)[C@H]1O. The van der Waals surface area contributed by atoms with Gasteiger partial charge >= 0.3 is 0 Å². The van der Waals surface area contributed by atoms with E-state index in [1.807, 2.05) is 0 Å². The van der Waals surface area contributed by atoms with Crippen molar-refractivity contribution in [2.75, 3.05) is 13.2 Å². The maximum atomic E-state index is 12.3. The van der Waals surface area contributed by atoms with Crippen LogP contribution in [0, 0.1) is 44.8 Å². The van der Waals surface area contributed by atoms with Crippen molar-refractivity contribution < 1.29 is 84.2 Å². The highest BCUT2D eigenvalue weighted by Crippen LogP contribution is 2.89. The molecular formula is C46H76O17. The standard InChI is InChI=1S/C46H76O17/c1-20-28(50)31(53)33(55)38(59-20)62-34-30(52)23(49)18-58-39(34)61-26-10-12-46-19-45(46)14-13-42(6)35(44(8)11-9-27(63-44)41(4,5)56)21(47)16-43(42,7)25(45)15-24(36(46)40(26,2)3)60-37-32(54)29(51)22(48)17-57-37/h20-39,47-56H,9-19H2,1-8H3/t20-,21-,22+,23+,24-,25-,26-,27-,28-,29-,30-,31+,32+,33+,34+,35-,36-,37-,38-,39-,42+,43-,44+,45-,46+/m0/s1. The molecule has 0 aromatic heterocycles. The molecule has 5 saturated carbocycles. The maximum Gasteiger partial charge on any atom is 0.187 e. The largest absolute Gasteiger partial charge is 0.393 e. The molecule has 0 aromatic rings. The van der Waals surface area contributed by atoms with Crippen molar-refractivity contribution in [3.05, 3.63) is 0 Å². The van der Waals surface area contributed by atoms with Gasteiger partial charge in [0.1, 0.15) is 54.9 Å². The molecule has 2 spiro atoms. The van der Waals surface area contributed by atoms with Crippen molar-refractivity contribution in [3.8, 4) is 0 Å². The van der Waals surface area contributed by atoms with Gasteiger partial charge in [-0.1, -0.05) is 27.7 Å². The van der Waals surface area contributed by atoms with Gasteiger partial charge in [0.05, 0.1) is 54.9 Å². The number of rotatable bonds is 8. The minimum Gasteiger partial charge on any atom is -0.393 e. The van der Waals surface area contributed by atoms with E-state index in [9.17, 15) is 51.1 Å². The van der Waals surface area contributed by atoms with E-state index in [1.165, 1.54) is 6.92 Å². The van der Waals surface area contributed by atoms with E-state index in [-0.39, 0.29) is 58.7 Å². The second kappa shape index (κ2) is 15.7. The fourth-order valence-corrected chi connectivity index (χ4v) is 16.0. The highest BCUT2D eigenvalue weighted by Gasteiger charge is 2.85. The van der Waals surface area contributed by atoms with Gasteiger partial charge in [0, 0.05) is 5.92 Å². The van der Waals surface area contributed by atoms with Gasteiger partial charge in [-0.3, -0.25) is 0 Å².